The molecular formula is C24H21ClN4O4S3. The van der Waals surface area contributed by atoms with E-state index < -0.39 is 10.0 Å². The number of fused-ring (bicyclic) bond motifs is 1. The molecule has 0 bridgehead atoms. The molecule has 12 heteroatoms. The number of hydrogen-bond acceptors (Lipinski definition) is 8. The average molecular weight is 561 g/mol. The average Bonchev–Trinajstić information content (AvgIpc) is 3.34. The van der Waals surface area contributed by atoms with Crippen LogP contribution in [-0.4, -0.2) is 60.7 Å². The number of amides is 1. The lowest BCUT2D eigenvalue weighted by Gasteiger charge is -2.26. The highest BCUT2D eigenvalue weighted by Crippen LogP contribution is 2.38. The second-order valence-corrected chi connectivity index (χ2v) is 12.1. The van der Waals surface area contributed by atoms with Crippen molar-refractivity contribution in [1.82, 2.24) is 14.3 Å². The largest absolute Gasteiger partial charge is 0.379 e. The van der Waals surface area contributed by atoms with Crippen LogP contribution in [0.2, 0.25) is 5.02 Å². The summed E-state index contributed by atoms with van der Waals surface area (Å²) in [5, 5.41) is 7.13. The van der Waals surface area contributed by atoms with Gasteiger partial charge in [-0.25, -0.2) is 18.4 Å². The fraction of sp³-hybridized carbons (Fsp3) is 0.208. The number of anilines is 1. The van der Waals surface area contributed by atoms with E-state index in [4.69, 9.17) is 16.3 Å². The second kappa shape index (κ2) is 10.8. The molecule has 186 valence electrons. The Morgan fingerprint density at radius 2 is 1.81 bits per heavy atom. The van der Waals surface area contributed by atoms with Crippen LogP contribution in [-0.2, 0) is 19.6 Å². The molecular weight excluding hydrogens is 540 g/mol. The molecule has 8 nitrogen and oxygen atoms in total. The van der Waals surface area contributed by atoms with E-state index in [-0.39, 0.29) is 16.6 Å². The minimum atomic E-state index is -3.58. The molecule has 0 radical (unpaired) electrons. The lowest BCUT2D eigenvalue weighted by molar-refractivity contribution is -0.113. The first-order chi connectivity index (χ1) is 17.4. The molecule has 1 fully saturated rings. The SMILES string of the molecule is O=C(CSc1ncnc2scc(-c3ccc(Cl)cc3)c12)Nc1ccc(S(=O)(=O)N2CCOCC2)cc1. The molecule has 0 unspecified atom stereocenters. The summed E-state index contributed by atoms with van der Waals surface area (Å²) in [6.07, 6.45) is 1.50. The molecule has 1 amide bonds. The maximum Gasteiger partial charge on any atom is 0.243 e. The maximum absolute atomic E-state index is 12.8. The van der Waals surface area contributed by atoms with Gasteiger partial charge in [0.15, 0.2) is 0 Å². The van der Waals surface area contributed by atoms with Crippen molar-refractivity contribution >= 4 is 66.5 Å². The summed E-state index contributed by atoms with van der Waals surface area (Å²) >= 11 is 8.88. The van der Waals surface area contributed by atoms with E-state index in [2.05, 4.69) is 15.3 Å². The van der Waals surface area contributed by atoms with Crippen molar-refractivity contribution in [3.8, 4) is 11.1 Å². The van der Waals surface area contributed by atoms with Crippen LogP contribution in [0.5, 0.6) is 0 Å². The van der Waals surface area contributed by atoms with Crippen molar-refractivity contribution in [1.29, 1.82) is 0 Å². The molecule has 2 aromatic heterocycles. The predicted octanol–water partition coefficient (Wildman–Crippen LogP) is 4.76. The van der Waals surface area contributed by atoms with Crippen LogP contribution in [0.25, 0.3) is 21.3 Å². The van der Waals surface area contributed by atoms with E-state index in [1.807, 2.05) is 29.6 Å². The fourth-order valence-corrected chi connectivity index (χ4v) is 7.10. The second-order valence-electron chi connectivity index (χ2n) is 7.89. The van der Waals surface area contributed by atoms with Crippen LogP contribution in [0.1, 0.15) is 0 Å². The Morgan fingerprint density at radius 1 is 1.08 bits per heavy atom. The topological polar surface area (TPSA) is 101 Å². The van der Waals surface area contributed by atoms with Crippen LogP contribution >= 0.6 is 34.7 Å². The van der Waals surface area contributed by atoms with E-state index in [9.17, 15) is 13.2 Å². The Balaban J connectivity index is 1.26. The number of benzene rings is 2. The number of morpholine rings is 1. The van der Waals surface area contributed by atoms with Crippen molar-refractivity contribution < 1.29 is 17.9 Å². The van der Waals surface area contributed by atoms with Crippen molar-refractivity contribution in [2.24, 2.45) is 0 Å². The monoisotopic (exact) mass is 560 g/mol. The minimum Gasteiger partial charge on any atom is -0.379 e. The summed E-state index contributed by atoms with van der Waals surface area (Å²) in [4.78, 5) is 22.5. The van der Waals surface area contributed by atoms with Gasteiger partial charge in [0.25, 0.3) is 0 Å². The van der Waals surface area contributed by atoms with Crippen molar-refractivity contribution in [2.75, 3.05) is 37.4 Å². The highest BCUT2D eigenvalue weighted by Gasteiger charge is 2.26. The molecule has 0 aliphatic carbocycles. The number of thioether (sulfide) groups is 1. The number of ether oxygens (including phenoxy) is 1. The standard InChI is InChI=1S/C24H21ClN4O4S3/c25-17-3-1-16(2-4-17)20-13-34-23-22(20)24(27-15-26-23)35-14-21(30)28-18-5-7-19(8-6-18)36(31,32)29-9-11-33-12-10-29/h1-8,13,15H,9-12,14H2,(H,28,30). The number of aromatic nitrogens is 2. The molecule has 1 N–H and O–H groups in total. The van der Waals surface area contributed by atoms with Crippen LogP contribution in [0, 0.1) is 0 Å². The normalized spacial score (nSPS) is 14.7. The molecule has 2 aromatic carbocycles. The Kier molecular flexibility index (Phi) is 7.56. The Bertz CT molecular complexity index is 1490. The molecule has 1 saturated heterocycles. The predicted molar refractivity (Wildman–Crippen MR) is 143 cm³/mol. The number of nitrogens with zero attached hydrogens (tertiary/aromatic N) is 3. The quantitative estimate of drug-likeness (QED) is 0.257. The van der Waals surface area contributed by atoms with Gasteiger partial charge in [0.1, 0.15) is 16.2 Å². The van der Waals surface area contributed by atoms with Gasteiger partial charge in [0.05, 0.1) is 29.2 Å². The molecule has 1 aliphatic rings. The van der Waals surface area contributed by atoms with Crippen LogP contribution in [0.3, 0.4) is 0 Å². The summed E-state index contributed by atoms with van der Waals surface area (Å²) in [5.74, 6) is -0.0885. The molecule has 0 spiro atoms. The molecule has 1 aliphatic heterocycles. The highest BCUT2D eigenvalue weighted by molar-refractivity contribution is 8.00. The van der Waals surface area contributed by atoms with Gasteiger partial charge >= 0.3 is 0 Å². The molecule has 0 saturated carbocycles. The summed E-state index contributed by atoms with van der Waals surface area (Å²) in [6.45, 7) is 1.43. The van der Waals surface area contributed by atoms with E-state index in [0.29, 0.717) is 42.0 Å². The third kappa shape index (κ3) is 5.41. The number of sulfonamides is 1. The number of hydrogen-bond donors (Lipinski definition) is 1. The van der Waals surface area contributed by atoms with Gasteiger partial charge < -0.3 is 10.1 Å². The van der Waals surface area contributed by atoms with Gasteiger partial charge in [-0.05, 0) is 42.0 Å². The first-order valence-electron chi connectivity index (χ1n) is 11.0. The molecule has 5 rings (SSSR count). The van der Waals surface area contributed by atoms with Crippen molar-refractivity contribution in [2.45, 2.75) is 9.92 Å². The number of nitrogens with one attached hydrogen (secondary N) is 1. The van der Waals surface area contributed by atoms with Gasteiger partial charge in [-0.15, -0.1) is 11.3 Å². The number of carbonyl (C=O) groups is 1. The third-order valence-corrected chi connectivity index (χ3v) is 9.62. The Hall–Kier alpha value is -2.54. The van der Waals surface area contributed by atoms with E-state index >= 15 is 0 Å². The molecule has 3 heterocycles. The van der Waals surface area contributed by atoms with Gasteiger partial charge in [-0.1, -0.05) is 35.5 Å². The van der Waals surface area contributed by atoms with Crippen LogP contribution < -0.4 is 5.32 Å². The van der Waals surface area contributed by atoms with E-state index in [1.54, 1.807) is 12.1 Å². The summed E-state index contributed by atoms with van der Waals surface area (Å²) in [5.41, 5.74) is 2.51. The number of carbonyl (C=O) groups excluding carboxylic acids is 1. The first kappa shape index (κ1) is 25.1. The maximum atomic E-state index is 12.8. The minimum absolute atomic E-state index is 0.135. The zero-order chi connectivity index (χ0) is 25.1. The zero-order valence-electron chi connectivity index (χ0n) is 18.9. The lowest BCUT2D eigenvalue weighted by Crippen LogP contribution is -2.40. The number of rotatable bonds is 7. The Labute approximate surface area is 221 Å². The number of halogens is 1. The number of thiophene rings is 1. The lowest BCUT2D eigenvalue weighted by atomic mass is 10.1. The van der Waals surface area contributed by atoms with Gasteiger partial charge in [0, 0.05) is 34.7 Å². The zero-order valence-corrected chi connectivity index (χ0v) is 22.1. The third-order valence-electron chi connectivity index (χ3n) is 5.58. The van der Waals surface area contributed by atoms with E-state index in [0.717, 1.165) is 21.3 Å². The van der Waals surface area contributed by atoms with Gasteiger partial charge in [-0.3, -0.25) is 4.79 Å². The molecule has 0 atom stereocenters. The van der Waals surface area contributed by atoms with Gasteiger partial charge in [0.2, 0.25) is 15.9 Å². The summed E-state index contributed by atoms with van der Waals surface area (Å²) < 4.78 is 32.2. The fourth-order valence-electron chi connectivity index (χ4n) is 3.78. The van der Waals surface area contributed by atoms with Crippen LogP contribution in [0.15, 0.2) is 70.2 Å². The van der Waals surface area contributed by atoms with Crippen LogP contribution in [0.4, 0.5) is 5.69 Å². The highest BCUT2D eigenvalue weighted by atomic mass is 35.5. The van der Waals surface area contributed by atoms with Crippen molar-refractivity contribution in [3.05, 3.63) is 65.3 Å². The summed E-state index contributed by atoms with van der Waals surface area (Å²) in [7, 11) is -3.58. The Morgan fingerprint density at radius 3 is 2.53 bits per heavy atom. The summed E-state index contributed by atoms with van der Waals surface area (Å²) in [6, 6.07) is 13.8. The first-order valence-corrected chi connectivity index (χ1v) is 14.7. The molecule has 4 aromatic rings. The van der Waals surface area contributed by atoms with E-state index in [1.165, 1.54) is 45.9 Å². The van der Waals surface area contributed by atoms with Crippen molar-refractivity contribution in [3.63, 3.8) is 0 Å². The molecule has 36 heavy (non-hydrogen) atoms. The van der Waals surface area contributed by atoms with Gasteiger partial charge in [-0.2, -0.15) is 4.31 Å². The smallest absolute Gasteiger partial charge is 0.243 e.